The van der Waals surface area contributed by atoms with Crippen molar-refractivity contribution in [3.05, 3.63) is 0 Å². The van der Waals surface area contributed by atoms with Crippen LogP contribution in [0.2, 0.25) is 0 Å². The molecule has 0 aromatic carbocycles. The van der Waals surface area contributed by atoms with Crippen molar-refractivity contribution in [1.29, 1.82) is 0 Å². The summed E-state index contributed by atoms with van der Waals surface area (Å²) in [5.41, 5.74) is 0. The van der Waals surface area contributed by atoms with Crippen LogP contribution >= 0.6 is 0 Å². The molecule has 2 amide bonds. The fraction of sp³-hybridized carbons (Fsp3) is 0.833. The summed E-state index contributed by atoms with van der Waals surface area (Å²) < 4.78 is 5.31. The van der Waals surface area contributed by atoms with E-state index in [1.807, 2.05) is 13.8 Å². The number of amides is 2. The minimum atomic E-state index is -0.343. The molecule has 5 heteroatoms. The van der Waals surface area contributed by atoms with Gasteiger partial charge in [-0.1, -0.05) is 0 Å². The molecule has 1 aliphatic heterocycles. The molecule has 98 valence electrons. The fourth-order valence-corrected chi connectivity index (χ4v) is 1.98. The molecule has 0 saturated carbocycles. The lowest BCUT2D eigenvalue weighted by Crippen LogP contribution is -2.44. The maximum atomic E-state index is 11.9. The molecule has 1 rings (SSSR count). The standard InChI is InChI=1S/C12H22N2O3/c1-4-14(5-2)11(15)9-13(3)12(16)10-7-6-8-17-10/h10H,4-9H2,1-3H3. The molecule has 0 spiro atoms. The Balaban J connectivity index is 2.44. The molecule has 0 bridgehead atoms. The van der Waals surface area contributed by atoms with Gasteiger partial charge in [-0.15, -0.1) is 0 Å². The van der Waals surface area contributed by atoms with Crippen LogP contribution in [0.3, 0.4) is 0 Å². The van der Waals surface area contributed by atoms with E-state index in [1.165, 1.54) is 4.90 Å². The van der Waals surface area contributed by atoms with Gasteiger partial charge in [-0.05, 0) is 26.7 Å². The summed E-state index contributed by atoms with van der Waals surface area (Å²) in [6.07, 6.45) is 1.35. The lowest BCUT2D eigenvalue weighted by atomic mass is 10.2. The van der Waals surface area contributed by atoms with Crippen LogP contribution in [0.4, 0.5) is 0 Å². The summed E-state index contributed by atoms with van der Waals surface area (Å²) in [5, 5.41) is 0. The molecule has 0 N–H and O–H groups in total. The summed E-state index contributed by atoms with van der Waals surface area (Å²) in [7, 11) is 1.66. The summed E-state index contributed by atoms with van der Waals surface area (Å²) in [6.45, 7) is 6.01. The highest BCUT2D eigenvalue weighted by molar-refractivity contribution is 5.86. The van der Waals surface area contributed by atoms with Crippen LogP contribution in [0.15, 0.2) is 0 Å². The van der Waals surface area contributed by atoms with Gasteiger partial charge in [0.2, 0.25) is 5.91 Å². The molecule has 17 heavy (non-hydrogen) atoms. The van der Waals surface area contributed by atoms with E-state index < -0.39 is 0 Å². The second-order valence-electron chi connectivity index (χ2n) is 4.26. The van der Waals surface area contributed by atoms with Crippen molar-refractivity contribution in [1.82, 2.24) is 9.80 Å². The van der Waals surface area contributed by atoms with Crippen molar-refractivity contribution >= 4 is 11.8 Å². The first-order chi connectivity index (χ1) is 8.10. The van der Waals surface area contributed by atoms with Crippen molar-refractivity contribution in [2.75, 3.05) is 33.3 Å². The SMILES string of the molecule is CCN(CC)C(=O)CN(C)C(=O)C1CCCO1. The van der Waals surface area contributed by atoms with Crippen molar-refractivity contribution in [2.24, 2.45) is 0 Å². The van der Waals surface area contributed by atoms with Crippen LogP contribution < -0.4 is 0 Å². The van der Waals surface area contributed by atoms with Gasteiger partial charge < -0.3 is 14.5 Å². The van der Waals surface area contributed by atoms with Crippen LogP contribution in [0, 0.1) is 0 Å². The molecule has 1 saturated heterocycles. The van der Waals surface area contributed by atoms with Gasteiger partial charge >= 0.3 is 0 Å². The van der Waals surface area contributed by atoms with E-state index in [4.69, 9.17) is 4.74 Å². The molecule has 1 atom stereocenters. The van der Waals surface area contributed by atoms with Crippen LogP contribution in [0.5, 0.6) is 0 Å². The van der Waals surface area contributed by atoms with Gasteiger partial charge in [0.1, 0.15) is 6.10 Å². The van der Waals surface area contributed by atoms with Crippen LogP contribution in [-0.4, -0.2) is 61.0 Å². The van der Waals surface area contributed by atoms with E-state index in [1.54, 1.807) is 11.9 Å². The predicted molar refractivity (Wildman–Crippen MR) is 64.5 cm³/mol. The molecule has 1 unspecified atom stereocenters. The molecule has 0 aromatic heterocycles. The van der Waals surface area contributed by atoms with Crippen LogP contribution in [0.25, 0.3) is 0 Å². The number of nitrogens with zero attached hydrogens (tertiary/aromatic N) is 2. The van der Waals surface area contributed by atoms with Crippen LogP contribution in [-0.2, 0) is 14.3 Å². The molecule has 0 aliphatic carbocycles. The van der Waals surface area contributed by atoms with E-state index >= 15 is 0 Å². The third-order valence-corrected chi connectivity index (χ3v) is 3.07. The number of carbonyl (C=O) groups is 2. The third kappa shape index (κ3) is 3.70. The Bertz CT molecular complexity index is 271. The Hall–Kier alpha value is -1.10. The Morgan fingerprint density at radius 1 is 1.29 bits per heavy atom. The van der Waals surface area contributed by atoms with Gasteiger partial charge in [0.15, 0.2) is 0 Å². The zero-order chi connectivity index (χ0) is 12.8. The third-order valence-electron chi connectivity index (χ3n) is 3.07. The van der Waals surface area contributed by atoms with Gasteiger partial charge in [0.05, 0.1) is 6.54 Å². The average Bonchev–Trinajstić information content (AvgIpc) is 2.83. The smallest absolute Gasteiger partial charge is 0.251 e. The van der Waals surface area contributed by atoms with Gasteiger partial charge in [-0.25, -0.2) is 0 Å². The Morgan fingerprint density at radius 2 is 1.94 bits per heavy atom. The van der Waals surface area contributed by atoms with E-state index in [2.05, 4.69) is 0 Å². The number of ether oxygens (including phenoxy) is 1. The molecule has 0 radical (unpaired) electrons. The zero-order valence-electron chi connectivity index (χ0n) is 10.9. The highest BCUT2D eigenvalue weighted by Crippen LogP contribution is 2.14. The molecule has 1 fully saturated rings. The molecule has 1 aliphatic rings. The highest BCUT2D eigenvalue weighted by atomic mass is 16.5. The van der Waals surface area contributed by atoms with E-state index in [0.717, 1.165) is 12.8 Å². The largest absolute Gasteiger partial charge is 0.368 e. The zero-order valence-corrected chi connectivity index (χ0v) is 10.9. The Kier molecular flexibility index (Phi) is 5.41. The summed E-state index contributed by atoms with van der Waals surface area (Å²) >= 11 is 0. The normalized spacial score (nSPS) is 19.1. The lowest BCUT2D eigenvalue weighted by molar-refractivity contribution is -0.145. The molecular formula is C12H22N2O3. The maximum absolute atomic E-state index is 11.9. The van der Waals surface area contributed by atoms with Gasteiger partial charge in [0, 0.05) is 26.7 Å². The molecule has 5 nitrogen and oxygen atoms in total. The summed E-state index contributed by atoms with van der Waals surface area (Å²) in [4.78, 5) is 26.9. The van der Waals surface area contributed by atoms with Gasteiger partial charge in [-0.2, -0.15) is 0 Å². The second kappa shape index (κ2) is 6.59. The Labute approximate surface area is 103 Å². The summed E-state index contributed by atoms with van der Waals surface area (Å²) in [6, 6.07) is 0. The van der Waals surface area contributed by atoms with Crippen molar-refractivity contribution in [3.8, 4) is 0 Å². The van der Waals surface area contributed by atoms with Gasteiger partial charge in [0.25, 0.3) is 5.91 Å². The quantitative estimate of drug-likeness (QED) is 0.705. The van der Waals surface area contributed by atoms with Crippen molar-refractivity contribution in [2.45, 2.75) is 32.8 Å². The fourth-order valence-electron chi connectivity index (χ4n) is 1.98. The highest BCUT2D eigenvalue weighted by Gasteiger charge is 2.27. The summed E-state index contributed by atoms with van der Waals surface area (Å²) in [5.74, 6) is -0.0909. The number of carbonyl (C=O) groups excluding carboxylic acids is 2. The minimum Gasteiger partial charge on any atom is -0.368 e. The first kappa shape index (κ1) is 14.0. The predicted octanol–water partition coefficient (Wildman–Crippen LogP) is 0.492. The van der Waals surface area contributed by atoms with Gasteiger partial charge in [-0.3, -0.25) is 9.59 Å². The first-order valence-corrected chi connectivity index (χ1v) is 6.24. The Morgan fingerprint density at radius 3 is 2.41 bits per heavy atom. The molecule has 1 heterocycles. The monoisotopic (exact) mass is 242 g/mol. The first-order valence-electron chi connectivity index (χ1n) is 6.24. The number of likely N-dealkylation sites (N-methyl/N-ethyl adjacent to an activating group) is 2. The topological polar surface area (TPSA) is 49.9 Å². The average molecular weight is 242 g/mol. The second-order valence-corrected chi connectivity index (χ2v) is 4.26. The molecular weight excluding hydrogens is 220 g/mol. The van der Waals surface area contributed by atoms with Crippen LogP contribution in [0.1, 0.15) is 26.7 Å². The van der Waals surface area contributed by atoms with E-state index in [-0.39, 0.29) is 24.5 Å². The number of hydrogen-bond acceptors (Lipinski definition) is 3. The number of hydrogen-bond donors (Lipinski definition) is 0. The maximum Gasteiger partial charge on any atom is 0.251 e. The minimum absolute atomic E-state index is 0.0103. The van der Waals surface area contributed by atoms with Crippen molar-refractivity contribution in [3.63, 3.8) is 0 Å². The lowest BCUT2D eigenvalue weighted by Gasteiger charge is -2.24. The molecule has 0 aromatic rings. The number of rotatable bonds is 5. The van der Waals surface area contributed by atoms with Crippen molar-refractivity contribution < 1.29 is 14.3 Å². The van der Waals surface area contributed by atoms with E-state index in [0.29, 0.717) is 19.7 Å². The van der Waals surface area contributed by atoms with E-state index in [9.17, 15) is 9.59 Å².